The topological polar surface area (TPSA) is 12.9 Å². The van der Waals surface area contributed by atoms with Crippen LogP contribution in [0.1, 0.15) is 5.56 Å². The van der Waals surface area contributed by atoms with Gasteiger partial charge in [0.05, 0.1) is 5.69 Å². The standard InChI is InChI=1S/C12H10BrN/c1-9-6-10(8-11(13)7-9)12-4-2-3-5-14-12/h2-8H,1H3. The van der Waals surface area contributed by atoms with Crippen molar-refractivity contribution in [2.45, 2.75) is 6.92 Å². The molecule has 2 aromatic rings. The fourth-order valence-electron chi connectivity index (χ4n) is 1.42. The quantitative estimate of drug-likeness (QED) is 0.747. The van der Waals surface area contributed by atoms with E-state index < -0.39 is 0 Å². The SMILES string of the molecule is Cc1cc(Br)cc(-c2ccccn2)c1. The third kappa shape index (κ3) is 2.02. The molecule has 70 valence electrons. The fraction of sp³-hybridized carbons (Fsp3) is 0.0833. The monoisotopic (exact) mass is 247 g/mol. The van der Waals surface area contributed by atoms with E-state index in [1.54, 1.807) is 0 Å². The van der Waals surface area contributed by atoms with Crippen LogP contribution >= 0.6 is 15.9 Å². The van der Waals surface area contributed by atoms with E-state index in [2.05, 4.69) is 46.0 Å². The number of hydrogen-bond acceptors (Lipinski definition) is 1. The van der Waals surface area contributed by atoms with Crippen molar-refractivity contribution in [3.8, 4) is 11.3 Å². The molecule has 0 spiro atoms. The molecule has 0 atom stereocenters. The molecule has 0 amide bonds. The van der Waals surface area contributed by atoms with Crippen molar-refractivity contribution in [3.05, 3.63) is 52.6 Å². The third-order valence-electron chi connectivity index (χ3n) is 2.00. The number of aromatic nitrogens is 1. The summed E-state index contributed by atoms with van der Waals surface area (Å²) in [6.45, 7) is 2.08. The highest BCUT2D eigenvalue weighted by Gasteiger charge is 1.99. The van der Waals surface area contributed by atoms with Gasteiger partial charge in [-0.15, -0.1) is 0 Å². The molecule has 0 N–H and O–H groups in total. The van der Waals surface area contributed by atoms with Crippen molar-refractivity contribution < 1.29 is 0 Å². The second-order valence-corrected chi connectivity index (χ2v) is 4.15. The molecule has 0 bridgehead atoms. The highest BCUT2D eigenvalue weighted by atomic mass is 79.9. The Morgan fingerprint density at radius 1 is 1.14 bits per heavy atom. The molecular weight excluding hydrogens is 238 g/mol. The molecule has 14 heavy (non-hydrogen) atoms. The number of benzene rings is 1. The van der Waals surface area contributed by atoms with Gasteiger partial charge >= 0.3 is 0 Å². The Kier molecular flexibility index (Phi) is 2.64. The van der Waals surface area contributed by atoms with Crippen molar-refractivity contribution in [1.82, 2.24) is 4.98 Å². The molecular formula is C12H10BrN. The normalized spacial score (nSPS) is 10.1. The smallest absolute Gasteiger partial charge is 0.0702 e. The number of rotatable bonds is 1. The molecule has 2 rings (SSSR count). The predicted molar refractivity (Wildman–Crippen MR) is 62.1 cm³/mol. The van der Waals surface area contributed by atoms with Gasteiger partial charge in [0, 0.05) is 16.2 Å². The minimum Gasteiger partial charge on any atom is -0.256 e. The van der Waals surface area contributed by atoms with E-state index in [1.165, 1.54) is 5.56 Å². The van der Waals surface area contributed by atoms with Crippen LogP contribution in [-0.2, 0) is 0 Å². The Morgan fingerprint density at radius 2 is 2.00 bits per heavy atom. The molecule has 0 aliphatic carbocycles. The zero-order valence-electron chi connectivity index (χ0n) is 7.87. The number of pyridine rings is 1. The molecule has 0 aliphatic rings. The van der Waals surface area contributed by atoms with E-state index in [0.717, 1.165) is 15.7 Å². The average Bonchev–Trinajstić information content (AvgIpc) is 2.18. The first-order valence-corrected chi connectivity index (χ1v) is 5.23. The van der Waals surface area contributed by atoms with E-state index in [9.17, 15) is 0 Å². The van der Waals surface area contributed by atoms with Crippen LogP contribution in [0.15, 0.2) is 47.1 Å². The number of nitrogens with zero attached hydrogens (tertiary/aromatic N) is 1. The Hall–Kier alpha value is -1.15. The second-order valence-electron chi connectivity index (χ2n) is 3.23. The first-order chi connectivity index (χ1) is 6.75. The van der Waals surface area contributed by atoms with Crippen molar-refractivity contribution in [2.75, 3.05) is 0 Å². The summed E-state index contributed by atoms with van der Waals surface area (Å²) in [5.41, 5.74) is 3.40. The Morgan fingerprint density at radius 3 is 2.64 bits per heavy atom. The lowest BCUT2D eigenvalue weighted by atomic mass is 10.1. The van der Waals surface area contributed by atoms with Crippen LogP contribution in [0.3, 0.4) is 0 Å². The zero-order chi connectivity index (χ0) is 9.97. The summed E-state index contributed by atoms with van der Waals surface area (Å²) in [6, 6.07) is 12.2. The summed E-state index contributed by atoms with van der Waals surface area (Å²) in [5, 5.41) is 0. The van der Waals surface area contributed by atoms with Gasteiger partial charge in [-0.3, -0.25) is 4.98 Å². The summed E-state index contributed by atoms with van der Waals surface area (Å²) in [6.07, 6.45) is 1.81. The molecule has 1 nitrogen and oxygen atoms in total. The minimum atomic E-state index is 1.01. The summed E-state index contributed by atoms with van der Waals surface area (Å²) in [5.74, 6) is 0. The zero-order valence-corrected chi connectivity index (χ0v) is 9.45. The summed E-state index contributed by atoms with van der Waals surface area (Å²) >= 11 is 3.48. The lowest BCUT2D eigenvalue weighted by Crippen LogP contribution is -1.83. The van der Waals surface area contributed by atoms with Crippen LogP contribution in [0.2, 0.25) is 0 Å². The maximum atomic E-state index is 4.31. The molecule has 1 aromatic heterocycles. The van der Waals surface area contributed by atoms with Crippen LogP contribution in [0.25, 0.3) is 11.3 Å². The van der Waals surface area contributed by atoms with Gasteiger partial charge in [0.15, 0.2) is 0 Å². The second kappa shape index (κ2) is 3.93. The molecule has 0 unspecified atom stereocenters. The number of aryl methyl sites for hydroxylation is 1. The molecule has 1 heterocycles. The maximum Gasteiger partial charge on any atom is 0.0702 e. The molecule has 2 heteroatoms. The van der Waals surface area contributed by atoms with E-state index >= 15 is 0 Å². The average molecular weight is 248 g/mol. The highest BCUT2D eigenvalue weighted by molar-refractivity contribution is 9.10. The molecule has 0 saturated heterocycles. The fourth-order valence-corrected chi connectivity index (χ4v) is 2.03. The molecule has 0 fully saturated rings. The Labute approximate surface area is 91.9 Å². The van der Waals surface area contributed by atoms with Gasteiger partial charge < -0.3 is 0 Å². The van der Waals surface area contributed by atoms with Crippen LogP contribution in [-0.4, -0.2) is 4.98 Å². The highest BCUT2D eigenvalue weighted by Crippen LogP contribution is 2.22. The Bertz CT molecular complexity index is 417. The van der Waals surface area contributed by atoms with Crippen LogP contribution in [0.4, 0.5) is 0 Å². The van der Waals surface area contributed by atoms with Crippen molar-refractivity contribution in [1.29, 1.82) is 0 Å². The van der Waals surface area contributed by atoms with E-state index in [1.807, 2.05) is 24.4 Å². The molecule has 0 radical (unpaired) electrons. The van der Waals surface area contributed by atoms with Crippen LogP contribution < -0.4 is 0 Å². The number of halogens is 1. The molecule has 0 saturated carbocycles. The first-order valence-electron chi connectivity index (χ1n) is 4.44. The van der Waals surface area contributed by atoms with Crippen molar-refractivity contribution in [2.24, 2.45) is 0 Å². The van der Waals surface area contributed by atoms with Crippen LogP contribution in [0, 0.1) is 6.92 Å². The van der Waals surface area contributed by atoms with E-state index in [-0.39, 0.29) is 0 Å². The van der Waals surface area contributed by atoms with Crippen molar-refractivity contribution in [3.63, 3.8) is 0 Å². The minimum absolute atomic E-state index is 1.01. The third-order valence-corrected chi connectivity index (χ3v) is 2.46. The van der Waals surface area contributed by atoms with Gasteiger partial charge in [-0.1, -0.05) is 22.0 Å². The van der Waals surface area contributed by atoms with E-state index in [4.69, 9.17) is 0 Å². The first kappa shape index (κ1) is 9.41. The largest absolute Gasteiger partial charge is 0.256 e. The number of hydrogen-bond donors (Lipinski definition) is 0. The summed E-state index contributed by atoms with van der Waals surface area (Å²) < 4.78 is 1.10. The Balaban J connectivity index is 2.52. The van der Waals surface area contributed by atoms with Gasteiger partial charge in [0.2, 0.25) is 0 Å². The lowest BCUT2D eigenvalue weighted by Gasteiger charge is -2.02. The summed E-state index contributed by atoms with van der Waals surface area (Å²) in [4.78, 5) is 4.31. The van der Waals surface area contributed by atoms with E-state index in [0.29, 0.717) is 0 Å². The predicted octanol–water partition coefficient (Wildman–Crippen LogP) is 3.82. The van der Waals surface area contributed by atoms with Gasteiger partial charge in [-0.05, 0) is 42.8 Å². The van der Waals surface area contributed by atoms with Gasteiger partial charge in [-0.25, -0.2) is 0 Å². The van der Waals surface area contributed by atoms with Crippen LogP contribution in [0.5, 0.6) is 0 Å². The van der Waals surface area contributed by atoms with Gasteiger partial charge in [0.1, 0.15) is 0 Å². The van der Waals surface area contributed by atoms with Gasteiger partial charge in [0.25, 0.3) is 0 Å². The van der Waals surface area contributed by atoms with Crippen molar-refractivity contribution >= 4 is 15.9 Å². The summed E-state index contributed by atoms with van der Waals surface area (Å²) in [7, 11) is 0. The molecule has 1 aromatic carbocycles. The lowest BCUT2D eigenvalue weighted by molar-refractivity contribution is 1.31. The maximum absolute atomic E-state index is 4.31. The molecule has 0 aliphatic heterocycles. The van der Waals surface area contributed by atoms with Gasteiger partial charge in [-0.2, -0.15) is 0 Å².